The highest BCUT2D eigenvalue weighted by Gasteiger charge is 2.04. The fourth-order valence-corrected chi connectivity index (χ4v) is 2.13. The van der Waals surface area contributed by atoms with Gasteiger partial charge in [-0.25, -0.2) is 5.43 Å². The zero-order chi connectivity index (χ0) is 15.9. The molecule has 0 aliphatic rings. The van der Waals surface area contributed by atoms with Crippen LogP contribution in [0.25, 0.3) is 0 Å². The predicted octanol–water partition coefficient (Wildman–Crippen LogP) is 3.60. The summed E-state index contributed by atoms with van der Waals surface area (Å²) < 4.78 is 6.48. The van der Waals surface area contributed by atoms with Crippen LogP contribution >= 0.6 is 15.9 Å². The van der Waals surface area contributed by atoms with Crippen molar-refractivity contribution in [2.24, 2.45) is 5.10 Å². The van der Waals surface area contributed by atoms with E-state index in [1.807, 2.05) is 56.3 Å². The van der Waals surface area contributed by atoms with E-state index in [2.05, 4.69) is 26.5 Å². The Hall–Kier alpha value is -2.14. The van der Waals surface area contributed by atoms with E-state index in [-0.39, 0.29) is 12.5 Å². The Morgan fingerprint density at radius 1 is 1.23 bits per heavy atom. The fraction of sp³-hybridized carbons (Fsp3) is 0.176. The lowest BCUT2D eigenvalue weighted by atomic mass is 10.1. The maximum Gasteiger partial charge on any atom is 0.277 e. The number of hydrazone groups is 1. The Labute approximate surface area is 138 Å². The van der Waals surface area contributed by atoms with Gasteiger partial charge in [-0.15, -0.1) is 0 Å². The standard InChI is InChI=1S/C17H17BrN2O2/c1-12-3-8-16(13(2)9-12)22-11-17(21)20-19-10-14-4-6-15(18)7-5-14/h3-10H,11H2,1-2H3,(H,20,21)/b19-10+. The van der Waals surface area contributed by atoms with E-state index in [4.69, 9.17) is 4.74 Å². The molecule has 0 aliphatic heterocycles. The zero-order valence-corrected chi connectivity index (χ0v) is 14.1. The molecule has 2 aromatic rings. The van der Waals surface area contributed by atoms with E-state index in [1.54, 1.807) is 6.21 Å². The highest BCUT2D eigenvalue weighted by molar-refractivity contribution is 9.10. The number of halogens is 1. The smallest absolute Gasteiger partial charge is 0.277 e. The van der Waals surface area contributed by atoms with Crippen molar-refractivity contribution in [2.45, 2.75) is 13.8 Å². The normalized spacial score (nSPS) is 10.7. The molecule has 0 bridgehead atoms. The number of benzene rings is 2. The minimum absolute atomic E-state index is 0.0679. The molecule has 0 aromatic heterocycles. The second-order valence-corrected chi connectivity index (χ2v) is 5.82. The average Bonchev–Trinajstić information content (AvgIpc) is 2.48. The van der Waals surface area contributed by atoms with Crippen LogP contribution < -0.4 is 10.2 Å². The van der Waals surface area contributed by atoms with Gasteiger partial charge in [0.25, 0.3) is 5.91 Å². The number of carbonyl (C=O) groups excluding carboxylic acids is 1. The second kappa shape index (κ2) is 7.75. The van der Waals surface area contributed by atoms with Gasteiger partial charge in [0.1, 0.15) is 5.75 Å². The number of amides is 1. The molecule has 1 amide bonds. The summed E-state index contributed by atoms with van der Waals surface area (Å²) in [5.41, 5.74) is 5.51. The molecule has 0 radical (unpaired) electrons. The quantitative estimate of drug-likeness (QED) is 0.654. The van der Waals surface area contributed by atoms with Gasteiger partial charge in [0.05, 0.1) is 6.21 Å². The molecule has 0 heterocycles. The van der Waals surface area contributed by atoms with E-state index < -0.39 is 0 Å². The molecule has 5 heteroatoms. The first-order valence-corrected chi connectivity index (χ1v) is 7.61. The monoisotopic (exact) mass is 360 g/mol. The van der Waals surface area contributed by atoms with E-state index >= 15 is 0 Å². The minimum atomic E-state index is -0.298. The molecule has 22 heavy (non-hydrogen) atoms. The molecule has 2 aromatic carbocycles. The van der Waals surface area contributed by atoms with Crippen LogP contribution in [0.5, 0.6) is 5.75 Å². The summed E-state index contributed by atoms with van der Waals surface area (Å²) in [6.07, 6.45) is 1.58. The fourth-order valence-electron chi connectivity index (χ4n) is 1.86. The molecule has 0 spiro atoms. The van der Waals surface area contributed by atoms with E-state index in [0.29, 0.717) is 5.75 Å². The van der Waals surface area contributed by atoms with Crippen molar-refractivity contribution in [3.8, 4) is 5.75 Å². The molecule has 1 N–H and O–H groups in total. The zero-order valence-electron chi connectivity index (χ0n) is 12.5. The number of aryl methyl sites for hydroxylation is 2. The number of nitrogens with zero attached hydrogens (tertiary/aromatic N) is 1. The van der Waals surface area contributed by atoms with Crippen molar-refractivity contribution in [2.75, 3.05) is 6.61 Å². The maximum absolute atomic E-state index is 11.7. The maximum atomic E-state index is 11.7. The van der Waals surface area contributed by atoms with E-state index in [0.717, 1.165) is 21.2 Å². The molecular weight excluding hydrogens is 344 g/mol. The highest BCUT2D eigenvalue weighted by Crippen LogP contribution is 2.18. The first-order valence-electron chi connectivity index (χ1n) is 6.82. The molecule has 0 fully saturated rings. The van der Waals surface area contributed by atoms with Crippen molar-refractivity contribution >= 4 is 28.1 Å². The van der Waals surface area contributed by atoms with Gasteiger partial charge in [0, 0.05) is 4.47 Å². The summed E-state index contributed by atoms with van der Waals surface area (Å²) in [5.74, 6) is 0.408. The van der Waals surface area contributed by atoms with Crippen molar-refractivity contribution in [1.82, 2.24) is 5.43 Å². The first-order chi connectivity index (χ1) is 10.5. The van der Waals surface area contributed by atoms with Crippen molar-refractivity contribution in [1.29, 1.82) is 0 Å². The molecule has 0 saturated heterocycles. The molecule has 114 valence electrons. The number of carbonyl (C=O) groups is 1. The van der Waals surface area contributed by atoms with Crippen molar-refractivity contribution in [3.63, 3.8) is 0 Å². The Morgan fingerprint density at radius 2 is 1.95 bits per heavy atom. The van der Waals surface area contributed by atoms with Crippen LogP contribution in [0.3, 0.4) is 0 Å². The lowest BCUT2D eigenvalue weighted by Crippen LogP contribution is -2.24. The van der Waals surface area contributed by atoms with Gasteiger partial charge in [0.2, 0.25) is 0 Å². The van der Waals surface area contributed by atoms with E-state index in [9.17, 15) is 4.79 Å². The number of nitrogens with one attached hydrogen (secondary N) is 1. The molecule has 2 rings (SSSR count). The van der Waals surface area contributed by atoms with Gasteiger partial charge in [-0.05, 0) is 43.2 Å². The van der Waals surface area contributed by atoms with Crippen LogP contribution in [0.1, 0.15) is 16.7 Å². The average molecular weight is 361 g/mol. The summed E-state index contributed by atoms with van der Waals surface area (Å²) >= 11 is 3.36. The largest absolute Gasteiger partial charge is 0.483 e. The van der Waals surface area contributed by atoms with Crippen LogP contribution in [-0.4, -0.2) is 18.7 Å². The Morgan fingerprint density at radius 3 is 2.64 bits per heavy atom. The SMILES string of the molecule is Cc1ccc(OCC(=O)N/N=C/c2ccc(Br)cc2)c(C)c1. The van der Waals surface area contributed by atoms with Crippen LogP contribution in [0.2, 0.25) is 0 Å². The Balaban J connectivity index is 1.81. The number of hydrogen-bond donors (Lipinski definition) is 1. The summed E-state index contributed by atoms with van der Waals surface area (Å²) in [5, 5.41) is 3.90. The molecule has 0 atom stereocenters. The second-order valence-electron chi connectivity index (χ2n) is 4.90. The molecule has 0 unspecified atom stereocenters. The van der Waals surface area contributed by atoms with Gasteiger partial charge < -0.3 is 4.74 Å². The Kier molecular flexibility index (Phi) is 5.72. The number of rotatable bonds is 5. The van der Waals surface area contributed by atoms with Crippen molar-refractivity contribution in [3.05, 3.63) is 63.6 Å². The molecule has 0 saturated carbocycles. The lowest BCUT2D eigenvalue weighted by Gasteiger charge is -2.08. The molecular formula is C17H17BrN2O2. The summed E-state index contributed by atoms with van der Waals surface area (Å²) in [4.78, 5) is 11.7. The van der Waals surface area contributed by atoms with Crippen LogP contribution in [0.4, 0.5) is 0 Å². The summed E-state index contributed by atoms with van der Waals surface area (Å²) in [6, 6.07) is 13.4. The van der Waals surface area contributed by atoms with Crippen LogP contribution in [0, 0.1) is 13.8 Å². The van der Waals surface area contributed by atoms with E-state index in [1.165, 1.54) is 0 Å². The van der Waals surface area contributed by atoms with Gasteiger partial charge in [-0.2, -0.15) is 5.10 Å². The van der Waals surface area contributed by atoms with Crippen LogP contribution in [-0.2, 0) is 4.79 Å². The minimum Gasteiger partial charge on any atom is -0.483 e. The predicted molar refractivity (Wildman–Crippen MR) is 91.3 cm³/mol. The highest BCUT2D eigenvalue weighted by atomic mass is 79.9. The third kappa shape index (κ3) is 5.00. The first kappa shape index (κ1) is 16.2. The van der Waals surface area contributed by atoms with Gasteiger partial charge in [-0.3, -0.25) is 4.79 Å². The number of ether oxygens (including phenoxy) is 1. The molecule has 0 aliphatic carbocycles. The van der Waals surface area contributed by atoms with Gasteiger partial charge in [0.15, 0.2) is 6.61 Å². The van der Waals surface area contributed by atoms with Gasteiger partial charge >= 0.3 is 0 Å². The third-order valence-electron chi connectivity index (χ3n) is 2.96. The van der Waals surface area contributed by atoms with Crippen molar-refractivity contribution < 1.29 is 9.53 Å². The van der Waals surface area contributed by atoms with Crippen LogP contribution in [0.15, 0.2) is 52.0 Å². The molecule has 4 nitrogen and oxygen atoms in total. The third-order valence-corrected chi connectivity index (χ3v) is 3.49. The Bertz CT molecular complexity index is 682. The summed E-state index contributed by atoms with van der Waals surface area (Å²) in [6.45, 7) is 3.90. The van der Waals surface area contributed by atoms with Gasteiger partial charge in [-0.1, -0.05) is 45.8 Å². The lowest BCUT2D eigenvalue weighted by molar-refractivity contribution is -0.123. The summed E-state index contributed by atoms with van der Waals surface area (Å²) in [7, 11) is 0. The number of hydrogen-bond acceptors (Lipinski definition) is 3. The topological polar surface area (TPSA) is 50.7 Å².